The zero-order chi connectivity index (χ0) is 45.4. The largest absolute Gasteiger partial charge is 0.392 e. The molecule has 4 saturated heterocycles. The summed E-state index contributed by atoms with van der Waals surface area (Å²) >= 11 is 0. The van der Waals surface area contributed by atoms with Gasteiger partial charge < -0.3 is 44.5 Å². The van der Waals surface area contributed by atoms with E-state index in [0.29, 0.717) is 55.8 Å². The van der Waals surface area contributed by atoms with Crippen LogP contribution in [0.5, 0.6) is 0 Å². The van der Waals surface area contributed by atoms with Crippen LogP contribution in [0.2, 0.25) is 0 Å². The van der Waals surface area contributed by atoms with Crippen LogP contribution in [0.15, 0.2) is 23.3 Å². The topological polar surface area (TPSA) is 164 Å². The lowest BCUT2D eigenvalue weighted by atomic mass is 9.44. The summed E-state index contributed by atoms with van der Waals surface area (Å²) in [4.78, 5) is 11.2. The van der Waals surface area contributed by atoms with Gasteiger partial charge in [0.25, 0.3) is 0 Å². The van der Waals surface area contributed by atoms with Crippen LogP contribution < -0.4 is 0 Å². The Kier molecular flexibility index (Phi) is 8.73. The number of aliphatic hydroxyl groups excluding tert-OH is 2. The van der Waals surface area contributed by atoms with Crippen LogP contribution in [0.25, 0.3) is 0 Å². The summed E-state index contributed by atoms with van der Waals surface area (Å²) in [5.41, 5.74) is 3.00. The van der Waals surface area contributed by atoms with E-state index in [-0.39, 0.29) is 65.2 Å². The van der Waals surface area contributed by atoms with Gasteiger partial charge in [-0.25, -0.2) is 0 Å². The molecule has 13 rings (SSSR count). The molecule has 8 aliphatic carbocycles. The molecule has 0 bridgehead atoms. The summed E-state index contributed by atoms with van der Waals surface area (Å²) in [7, 11) is 0. The number of ether oxygens (including phenoxy) is 4. The predicted molar refractivity (Wildman–Crippen MR) is 240 cm³/mol. The van der Waals surface area contributed by atoms with E-state index in [2.05, 4.69) is 46.8 Å². The maximum atomic E-state index is 12.9. The summed E-state index contributed by atoms with van der Waals surface area (Å²) in [6.45, 7) is 17.8. The molecule has 12 aliphatic rings. The summed E-state index contributed by atoms with van der Waals surface area (Å²) in [6, 6.07) is 0. The van der Waals surface area contributed by atoms with Gasteiger partial charge in [0, 0.05) is 41.4 Å². The molecule has 22 atom stereocenters. The van der Waals surface area contributed by atoms with Crippen LogP contribution in [0.1, 0.15) is 142 Å². The number of nitrogens with zero attached hydrogens (tertiary/aromatic N) is 2. The van der Waals surface area contributed by atoms with E-state index in [4.69, 9.17) is 28.9 Å². The first-order valence-electron chi connectivity index (χ1n) is 26.0. The van der Waals surface area contributed by atoms with E-state index in [1.165, 1.54) is 28.2 Å². The Hall–Kier alpha value is -1.80. The van der Waals surface area contributed by atoms with Gasteiger partial charge >= 0.3 is 0 Å². The highest BCUT2D eigenvalue weighted by atomic mass is 16.7. The number of aromatic nitrogens is 2. The first kappa shape index (κ1) is 43.2. The normalized spacial score (nSPS) is 59.1. The molecule has 0 amide bonds. The standard InChI is InChI=1S/C54H76N2O9/c1-27-45-41(64-52(27)15-13-46(3,59)25-62-52)19-35-31-11-9-29-17-37-39(23-48(29,5)33(31)20-42(57)50(35,45)7)55-38-18-30-10-12-32-34(49(30,6)24-40(38)56-37)21-43(58)51(8)36(32)22-44-54(51,61)28(2)53(65-44)16-14-47(4,60)26-63-53/h19,22,27-34,41-45,57-61H,9-18,20-21,23-26H2,1-8H3/t27?,28?,29?,30?,31-,32-,33?,34?,41+,42?,43-,44+,45+,46+,47+,48+,49+,50-,51-,52-,53-,54-/m1/s1. The van der Waals surface area contributed by atoms with E-state index < -0.39 is 52.1 Å². The molecule has 1 aromatic heterocycles. The fraction of sp³-hybridized carbons (Fsp3) is 0.852. The fourth-order valence-corrected chi connectivity index (χ4v) is 19.0. The molecular weight excluding hydrogens is 821 g/mol. The van der Waals surface area contributed by atoms with Gasteiger partial charge in [-0.15, -0.1) is 0 Å². The molecular formula is C54H76N2O9. The number of aliphatic hydroxyl groups is 5. The Balaban J connectivity index is 0.760. The van der Waals surface area contributed by atoms with Crippen LogP contribution in [0, 0.1) is 74.9 Å². The Bertz CT molecular complexity index is 2270. The molecule has 4 aliphatic heterocycles. The van der Waals surface area contributed by atoms with Crippen molar-refractivity contribution in [1.82, 2.24) is 9.97 Å². The van der Waals surface area contributed by atoms with E-state index in [0.717, 1.165) is 63.5 Å². The highest BCUT2D eigenvalue weighted by Gasteiger charge is 2.77. The third-order valence-corrected chi connectivity index (χ3v) is 23.2. The average molecular weight is 897 g/mol. The number of fused-ring (bicyclic) bond motifs is 16. The molecule has 0 aromatic carbocycles. The van der Waals surface area contributed by atoms with E-state index >= 15 is 0 Å². The van der Waals surface area contributed by atoms with Crippen LogP contribution in [-0.2, 0) is 44.6 Å². The van der Waals surface area contributed by atoms with E-state index in [1.54, 1.807) is 6.92 Å². The molecule has 4 saturated carbocycles. The molecule has 2 spiro atoms. The van der Waals surface area contributed by atoms with Crippen LogP contribution in [-0.4, -0.2) is 102 Å². The van der Waals surface area contributed by atoms with Gasteiger partial charge in [0.2, 0.25) is 0 Å². The molecule has 7 unspecified atom stereocenters. The fourth-order valence-electron chi connectivity index (χ4n) is 19.0. The molecule has 356 valence electrons. The van der Waals surface area contributed by atoms with Crippen molar-refractivity contribution in [1.29, 1.82) is 0 Å². The van der Waals surface area contributed by atoms with Crippen LogP contribution in [0.3, 0.4) is 0 Å². The summed E-state index contributed by atoms with van der Waals surface area (Å²) in [5, 5.41) is 59.2. The number of hydrogen-bond acceptors (Lipinski definition) is 11. The van der Waals surface area contributed by atoms with Crippen molar-refractivity contribution in [3.63, 3.8) is 0 Å². The molecule has 11 nitrogen and oxygen atoms in total. The van der Waals surface area contributed by atoms with Crippen molar-refractivity contribution in [2.45, 2.75) is 198 Å². The van der Waals surface area contributed by atoms with Crippen molar-refractivity contribution in [2.24, 2.45) is 74.9 Å². The van der Waals surface area contributed by atoms with Crippen LogP contribution in [0.4, 0.5) is 0 Å². The lowest BCUT2D eigenvalue weighted by molar-refractivity contribution is -0.289. The Morgan fingerprint density at radius 3 is 1.71 bits per heavy atom. The van der Waals surface area contributed by atoms with Gasteiger partial charge in [0.1, 0.15) is 11.7 Å². The van der Waals surface area contributed by atoms with Gasteiger partial charge in [-0.1, -0.05) is 64.8 Å². The monoisotopic (exact) mass is 897 g/mol. The summed E-state index contributed by atoms with van der Waals surface area (Å²) < 4.78 is 26.4. The predicted octanol–water partition coefficient (Wildman–Crippen LogP) is 6.33. The van der Waals surface area contributed by atoms with Gasteiger partial charge in [-0.3, -0.25) is 9.97 Å². The molecule has 5 N–H and O–H groups in total. The third kappa shape index (κ3) is 5.25. The van der Waals surface area contributed by atoms with Gasteiger partial charge in [-0.2, -0.15) is 0 Å². The Morgan fingerprint density at radius 2 is 1.15 bits per heavy atom. The minimum Gasteiger partial charge on any atom is -0.392 e. The van der Waals surface area contributed by atoms with Crippen molar-refractivity contribution < 1.29 is 44.5 Å². The maximum Gasteiger partial charge on any atom is 0.174 e. The third-order valence-electron chi connectivity index (χ3n) is 23.2. The lowest BCUT2D eigenvalue weighted by Crippen LogP contribution is -2.64. The second kappa shape index (κ2) is 13.1. The van der Waals surface area contributed by atoms with Crippen molar-refractivity contribution in [2.75, 3.05) is 13.2 Å². The smallest absolute Gasteiger partial charge is 0.174 e. The Morgan fingerprint density at radius 1 is 0.615 bits per heavy atom. The van der Waals surface area contributed by atoms with Crippen LogP contribution >= 0.6 is 0 Å². The first-order valence-corrected chi connectivity index (χ1v) is 26.0. The van der Waals surface area contributed by atoms with Gasteiger partial charge in [0.05, 0.1) is 65.5 Å². The Labute approximate surface area is 385 Å². The quantitative estimate of drug-likeness (QED) is 0.185. The molecule has 5 heterocycles. The van der Waals surface area contributed by atoms with Gasteiger partial charge in [0.15, 0.2) is 11.6 Å². The molecule has 1 aromatic rings. The first-order chi connectivity index (χ1) is 30.5. The van der Waals surface area contributed by atoms with Gasteiger partial charge in [-0.05, 0) is 137 Å². The summed E-state index contributed by atoms with van der Waals surface area (Å²) in [6.07, 6.45) is 14.6. The van der Waals surface area contributed by atoms with Crippen molar-refractivity contribution >= 4 is 0 Å². The molecule has 8 fully saturated rings. The summed E-state index contributed by atoms with van der Waals surface area (Å²) in [5.74, 6) is 0.408. The average Bonchev–Trinajstić information content (AvgIpc) is 3.86. The van der Waals surface area contributed by atoms with E-state index in [1.807, 2.05) is 13.8 Å². The lowest BCUT2D eigenvalue weighted by Gasteiger charge is -2.61. The minimum absolute atomic E-state index is 0.0122. The number of rotatable bonds is 0. The maximum absolute atomic E-state index is 12.9. The number of hydrogen-bond donors (Lipinski definition) is 5. The minimum atomic E-state index is -1.31. The zero-order valence-corrected chi connectivity index (χ0v) is 40.2. The second-order valence-corrected chi connectivity index (χ2v) is 26.2. The SMILES string of the molecule is CC1[C@H]2[C@H](C=C3[C@@H]4CCC5Cc6nc7c(nc6C[C@]5(C)C4CC(O)[C@@]32C)CC2CC[C@H]3C4=C[C@@H]5O[C@]6(CC[C@](C)(O)CO6)C(C)[C@]5(O)[C@@]4(C)[C@H](O)CC3[C@@]2(C)C7)O[C@]12CC[C@](C)(O)CO2. The zero-order valence-electron chi connectivity index (χ0n) is 40.2. The van der Waals surface area contributed by atoms with E-state index in [9.17, 15) is 25.5 Å². The van der Waals surface area contributed by atoms with Crippen molar-refractivity contribution in [3.8, 4) is 0 Å². The molecule has 65 heavy (non-hydrogen) atoms. The van der Waals surface area contributed by atoms with Crippen molar-refractivity contribution in [3.05, 3.63) is 46.1 Å². The highest BCUT2D eigenvalue weighted by Crippen LogP contribution is 2.72. The highest BCUT2D eigenvalue weighted by molar-refractivity contribution is 5.43. The molecule has 11 heteroatoms. The molecule has 0 radical (unpaired) electrons. The second-order valence-electron chi connectivity index (χ2n) is 26.2.